The number of fused-ring (bicyclic) bond motifs is 1. The van der Waals surface area contributed by atoms with Crippen LogP contribution in [0, 0.1) is 0 Å². The number of pyridine rings is 1. The van der Waals surface area contributed by atoms with Crippen LogP contribution >= 0.6 is 11.6 Å². The molecule has 4 rings (SSSR count). The molecular weight excluding hydrogens is 519 g/mol. The number of hydrogen-bond donors (Lipinski definition) is 4. The van der Waals surface area contributed by atoms with Crippen molar-refractivity contribution in [3.63, 3.8) is 0 Å². The molecule has 1 fully saturated rings. The van der Waals surface area contributed by atoms with Crippen LogP contribution in [0.2, 0.25) is 5.02 Å². The third-order valence-electron chi connectivity index (χ3n) is 5.53. The molecule has 0 spiro atoms. The maximum Gasteiger partial charge on any atom is 0.433 e. The van der Waals surface area contributed by atoms with Crippen molar-refractivity contribution in [2.24, 2.45) is 0 Å². The molecule has 2 heterocycles. The highest BCUT2D eigenvalue weighted by Crippen LogP contribution is 2.34. The van der Waals surface area contributed by atoms with Crippen molar-refractivity contribution < 1.29 is 26.4 Å². The monoisotopic (exact) mass is 541 g/mol. The summed E-state index contributed by atoms with van der Waals surface area (Å²) in [5.41, 5.74) is -0.0874. The number of benzene rings is 2. The molecule has 8 nitrogen and oxygen atoms in total. The smallest absolute Gasteiger partial charge is 0.380 e. The van der Waals surface area contributed by atoms with Gasteiger partial charge < -0.3 is 16.0 Å². The van der Waals surface area contributed by atoms with Crippen LogP contribution in [0.4, 0.5) is 24.5 Å². The van der Waals surface area contributed by atoms with E-state index in [-0.39, 0.29) is 34.5 Å². The van der Waals surface area contributed by atoms with Crippen LogP contribution in [0.25, 0.3) is 10.9 Å². The Morgan fingerprint density at radius 1 is 1.11 bits per heavy atom. The zero-order valence-electron chi connectivity index (χ0n) is 19.0. The Kier molecular flexibility index (Phi) is 7.30. The summed E-state index contributed by atoms with van der Waals surface area (Å²) < 4.78 is 65.5. The van der Waals surface area contributed by atoms with Crippen molar-refractivity contribution in [1.82, 2.24) is 15.6 Å². The van der Waals surface area contributed by atoms with Crippen LogP contribution in [-0.2, 0) is 16.2 Å². The molecule has 1 aromatic heterocycles. The van der Waals surface area contributed by atoms with E-state index in [1.165, 1.54) is 24.3 Å². The summed E-state index contributed by atoms with van der Waals surface area (Å²) in [5, 5.41) is 10.0. The van der Waals surface area contributed by atoms with E-state index >= 15 is 0 Å². The van der Waals surface area contributed by atoms with Gasteiger partial charge in [-0.05, 0) is 48.9 Å². The van der Waals surface area contributed by atoms with Crippen LogP contribution in [0.5, 0.6) is 0 Å². The molecule has 2 aromatic carbocycles. The standard InChI is InChI=1S/C23H23ClF3N5O3S/c1-36(34,35)32-15-4-2-3-13(7-15)22(33)30-17-9-16(11-28-12-17)29-20-10-21(23(25,26)27)31-19-6-5-14(24)8-18(19)20/h2-8,10,16-17,28,32H,9,11-12H2,1H3,(H,29,31)(H,30,33)/t16-,17+/m1/s1. The molecule has 2 atom stereocenters. The maximum absolute atomic E-state index is 13.4. The number of aromatic nitrogens is 1. The second-order valence-electron chi connectivity index (χ2n) is 8.57. The number of nitrogens with zero attached hydrogens (tertiary/aromatic N) is 1. The van der Waals surface area contributed by atoms with E-state index < -0.39 is 27.8 Å². The lowest BCUT2D eigenvalue weighted by atomic mass is 10.0. The van der Waals surface area contributed by atoms with Gasteiger partial charge in [0.15, 0.2) is 0 Å². The molecule has 0 saturated carbocycles. The largest absolute Gasteiger partial charge is 0.433 e. The summed E-state index contributed by atoms with van der Waals surface area (Å²) in [4.78, 5) is 16.5. The second-order valence-corrected chi connectivity index (χ2v) is 10.8. The Bertz CT molecular complexity index is 1400. The Labute approximate surface area is 210 Å². The van der Waals surface area contributed by atoms with E-state index in [4.69, 9.17) is 11.6 Å². The predicted octanol–water partition coefficient (Wildman–Crippen LogP) is 3.85. The molecule has 0 unspecified atom stereocenters. The van der Waals surface area contributed by atoms with Gasteiger partial charge in [-0.25, -0.2) is 13.4 Å². The van der Waals surface area contributed by atoms with Gasteiger partial charge in [0, 0.05) is 52.5 Å². The van der Waals surface area contributed by atoms with Gasteiger partial charge in [0.1, 0.15) is 5.69 Å². The number of halogens is 4. The average Bonchev–Trinajstić information content (AvgIpc) is 2.78. The summed E-state index contributed by atoms with van der Waals surface area (Å²) >= 11 is 6.07. The summed E-state index contributed by atoms with van der Waals surface area (Å²) in [6.07, 6.45) is -3.17. The van der Waals surface area contributed by atoms with Crippen molar-refractivity contribution in [3.05, 3.63) is 64.8 Å². The van der Waals surface area contributed by atoms with Gasteiger partial charge in [-0.2, -0.15) is 13.2 Å². The molecule has 1 saturated heterocycles. The third-order valence-corrected chi connectivity index (χ3v) is 6.38. The van der Waals surface area contributed by atoms with Crippen molar-refractivity contribution in [2.45, 2.75) is 24.7 Å². The fraction of sp³-hybridized carbons (Fsp3) is 0.304. The van der Waals surface area contributed by atoms with E-state index in [2.05, 4.69) is 25.7 Å². The molecule has 3 aromatic rings. The number of nitrogens with one attached hydrogen (secondary N) is 4. The first-order valence-electron chi connectivity index (χ1n) is 10.9. The Morgan fingerprint density at radius 2 is 1.86 bits per heavy atom. The van der Waals surface area contributed by atoms with Crippen molar-refractivity contribution in [3.8, 4) is 0 Å². The third kappa shape index (κ3) is 6.56. The van der Waals surface area contributed by atoms with Gasteiger partial charge in [0.05, 0.1) is 11.8 Å². The summed E-state index contributed by atoms with van der Waals surface area (Å²) in [5.74, 6) is -0.403. The highest BCUT2D eigenvalue weighted by atomic mass is 35.5. The van der Waals surface area contributed by atoms with Crippen LogP contribution in [0.15, 0.2) is 48.5 Å². The number of amides is 1. The van der Waals surface area contributed by atoms with Crippen molar-refractivity contribution in [1.29, 1.82) is 0 Å². The topological polar surface area (TPSA) is 112 Å². The molecule has 192 valence electrons. The van der Waals surface area contributed by atoms with Gasteiger partial charge in [-0.15, -0.1) is 0 Å². The first-order valence-corrected chi connectivity index (χ1v) is 13.2. The highest BCUT2D eigenvalue weighted by molar-refractivity contribution is 7.92. The fourth-order valence-corrected chi connectivity index (χ4v) is 4.78. The van der Waals surface area contributed by atoms with E-state index in [0.717, 1.165) is 12.3 Å². The lowest BCUT2D eigenvalue weighted by Gasteiger charge is -2.32. The number of alkyl halides is 3. The Balaban J connectivity index is 1.50. The van der Waals surface area contributed by atoms with Gasteiger partial charge in [-0.1, -0.05) is 17.7 Å². The minimum Gasteiger partial charge on any atom is -0.380 e. The summed E-state index contributed by atoms with van der Waals surface area (Å²) in [7, 11) is -3.50. The van der Waals surface area contributed by atoms with Gasteiger partial charge in [-0.3, -0.25) is 9.52 Å². The molecule has 1 amide bonds. The van der Waals surface area contributed by atoms with Gasteiger partial charge in [0.25, 0.3) is 5.91 Å². The number of carbonyl (C=O) groups is 1. The fourth-order valence-electron chi connectivity index (χ4n) is 4.05. The Morgan fingerprint density at radius 3 is 2.58 bits per heavy atom. The zero-order chi connectivity index (χ0) is 26.1. The van der Waals surface area contributed by atoms with E-state index in [1.807, 2.05) is 0 Å². The first kappa shape index (κ1) is 26.0. The number of hydrogen-bond acceptors (Lipinski definition) is 6. The highest BCUT2D eigenvalue weighted by Gasteiger charge is 2.34. The molecule has 13 heteroatoms. The maximum atomic E-state index is 13.4. The molecule has 4 N–H and O–H groups in total. The van der Waals surface area contributed by atoms with Crippen molar-refractivity contribution in [2.75, 3.05) is 29.4 Å². The molecule has 36 heavy (non-hydrogen) atoms. The number of sulfonamides is 1. The Hall–Kier alpha value is -3.09. The van der Waals surface area contributed by atoms with E-state index in [1.54, 1.807) is 18.2 Å². The molecular formula is C23H23ClF3N5O3S. The first-order chi connectivity index (χ1) is 16.9. The SMILES string of the molecule is CS(=O)(=O)Nc1cccc(C(=O)N[C@@H]2CNC[C@H](Nc3cc(C(F)(F)F)nc4ccc(Cl)cc34)C2)c1. The number of rotatable bonds is 6. The minimum atomic E-state index is -4.62. The van der Waals surface area contributed by atoms with Crippen molar-refractivity contribution >= 4 is 49.8 Å². The zero-order valence-corrected chi connectivity index (χ0v) is 20.6. The normalized spacial score (nSPS) is 18.6. The quantitative estimate of drug-likeness (QED) is 0.377. The lowest BCUT2D eigenvalue weighted by Crippen LogP contribution is -2.52. The van der Waals surface area contributed by atoms with Gasteiger partial charge in [0.2, 0.25) is 10.0 Å². The lowest BCUT2D eigenvalue weighted by molar-refractivity contribution is -0.140. The molecule has 1 aliphatic heterocycles. The predicted molar refractivity (Wildman–Crippen MR) is 133 cm³/mol. The molecule has 0 radical (unpaired) electrons. The van der Waals surface area contributed by atoms with Crippen LogP contribution in [0.3, 0.4) is 0 Å². The average molecular weight is 542 g/mol. The summed E-state index contributed by atoms with van der Waals surface area (Å²) in [6.45, 7) is 0.924. The van der Waals surface area contributed by atoms with Crippen LogP contribution < -0.4 is 20.7 Å². The second kappa shape index (κ2) is 10.1. The van der Waals surface area contributed by atoms with Gasteiger partial charge >= 0.3 is 6.18 Å². The summed E-state index contributed by atoms with van der Waals surface area (Å²) in [6, 6.07) is 10.9. The van der Waals surface area contributed by atoms with Crippen LogP contribution in [0.1, 0.15) is 22.5 Å². The number of piperidine rings is 1. The van der Waals surface area contributed by atoms with E-state index in [0.29, 0.717) is 29.9 Å². The van der Waals surface area contributed by atoms with E-state index in [9.17, 15) is 26.4 Å². The minimum absolute atomic E-state index is 0.160. The molecule has 1 aliphatic rings. The number of carbonyl (C=O) groups excluding carboxylic acids is 1. The molecule has 0 bridgehead atoms. The number of anilines is 2. The van der Waals surface area contributed by atoms with Crippen LogP contribution in [-0.4, -0.2) is 50.7 Å². The molecule has 0 aliphatic carbocycles.